The largest absolute Gasteiger partial charge is 0.454 e. The number of benzene rings is 3. The lowest BCUT2D eigenvalue weighted by Gasteiger charge is -2.12. The van der Waals surface area contributed by atoms with Crippen molar-refractivity contribution in [1.82, 2.24) is 5.32 Å². The summed E-state index contributed by atoms with van der Waals surface area (Å²) in [5.41, 5.74) is 1.82. The van der Waals surface area contributed by atoms with Gasteiger partial charge in [-0.05, 0) is 64.0 Å². The molecule has 0 aromatic heterocycles. The number of amides is 2. The van der Waals surface area contributed by atoms with Crippen LogP contribution in [0.3, 0.4) is 0 Å². The van der Waals surface area contributed by atoms with E-state index in [1.54, 1.807) is 54.6 Å². The van der Waals surface area contributed by atoms with Crippen LogP contribution in [0.5, 0.6) is 11.5 Å². The molecule has 2 amide bonds. The molecule has 0 spiro atoms. The van der Waals surface area contributed by atoms with E-state index in [1.807, 2.05) is 24.3 Å². The first kappa shape index (κ1) is 19.7. The lowest BCUT2D eigenvalue weighted by Crippen LogP contribution is -2.31. The van der Waals surface area contributed by atoms with E-state index < -0.39 is 11.8 Å². The van der Waals surface area contributed by atoms with Crippen LogP contribution in [0.25, 0.3) is 6.08 Å². The van der Waals surface area contributed by atoms with Gasteiger partial charge in [-0.25, -0.2) is 0 Å². The van der Waals surface area contributed by atoms with E-state index in [1.165, 1.54) is 0 Å². The Kier molecular flexibility index (Phi) is 5.81. The van der Waals surface area contributed by atoms with Gasteiger partial charge in [0, 0.05) is 10.2 Å². The lowest BCUT2D eigenvalue weighted by atomic mass is 10.1. The third kappa shape index (κ3) is 4.52. The van der Waals surface area contributed by atoms with Crippen LogP contribution in [0.4, 0.5) is 5.69 Å². The fraction of sp³-hybridized carbons (Fsp3) is 0.0435. The maximum Gasteiger partial charge on any atom is 0.272 e. The number of ether oxygens (including phenoxy) is 2. The van der Waals surface area contributed by atoms with Crippen LogP contribution in [-0.4, -0.2) is 18.6 Å². The second kappa shape index (κ2) is 8.84. The number of halogens is 1. The summed E-state index contributed by atoms with van der Waals surface area (Å²) in [6, 6.07) is 21.3. The predicted molar refractivity (Wildman–Crippen MR) is 117 cm³/mol. The molecule has 0 unspecified atom stereocenters. The van der Waals surface area contributed by atoms with Crippen molar-refractivity contribution in [3.05, 3.63) is 94.1 Å². The molecule has 0 saturated carbocycles. The van der Waals surface area contributed by atoms with E-state index in [-0.39, 0.29) is 12.5 Å². The van der Waals surface area contributed by atoms with Crippen molar-refractivity contribution in [3.8, 4) is 11.5 Å². The zero-order valence-electron chi connectivity index (χ0n) is 15.7. The molecule has 1 aliphatic rings. The van der Waals surface area contributed by atoms with E-state index >= 15 is 0 Å². The van der Waals surface area contributed by atoms with E-state index in [4.69, 9.17) is 9.47 Å². The Morgan fingerprint density at radius 1 is 0.900 bits per heavy atom. The molecule has 6 nitrogen and oxygen atoms in total. The molecular weight excluding hydrogens is 448 g/mol. The quantitative estimate of drug-likeness (QED) is 0.541. The number of carbonyl (C=O) groups excluding carboxylic acids is 2. The van der Waals surface area contributed by atoms with Gasteiger partial charge in [-0.2, -0.15) is 0 Å². The topological polar surface area (TPSA) is 76.7 Å². The highest BCUT2D eigenvalue weighted by Gasteiger charge is 2.18. The Morgan fingerprint density at radius 2 is 1.63 bits per heavy atom. The normalized spacial score (nSPS) is 12.4. The van der Waals surface area contributed by atoms with Crippen molar-refractivity contribution in [3.63, 3.8) is 0 Å². The fourth-order valence-electron chi connectivity index (χ4n) is 2.88. The number of hydrogen-bond acceptors (Lipinski definition) is 4. The third-order valence-electron chi connectivity index (χ3n) is 4.35. The van der Waals surface area contributed by atoms with Gasteiger partial charge in [0.1, 0.15) is 5.70 Å². The van der Waals surface area contributed by atoms with Gasteiger partial charge in [-0.1, -0.05) is 36.4 Å². The van der Waals surface area contributed by atoms with E-state index in [0.29, 0.717) is 32.8 Å². The fourth-order valence-corrected chi connectivity index (χ4v) is 3.35. The van der Waals surface area contributed by atoms with Crippen molar-refractivity contribution < 1.29 is 19.1 Å². The number of anilines is 1. The Balaban J connectivity index is 1.64. The molecule has 7 heteroatoms. The molecule has 1 heterocycles. The molecule has 4 rings (SSSR count). The summed E-state index contributed by atoms with van der Waals surface area (Å²) in [6.45, 7) is 0.155. The average molecular weight is 465 g/mol. The summed E-state index contributed by atoms with van der Waals surface area (Å²) in [6.07, 6.45) is 1.59. The molecule has 0 aliphatic carbocycles. The van der Waals surface area contributed by atoms with Crippen molar-refractivity contribution >= 4 is 39.5 Å². The molecule has 0 radical (unpaired) electrons. The van der Waals surface area contributed by atoms with Gasteiger partial charge >= 0.3 is 0 Å². The van der Waals surface area contributed by atoms with Gasteiger partial charge in [0.05, 0.1) is 5.56 Å². The highest BCUT2D eigenvalue weighted by molar-refractivity contribution is 9.10. The van der Waals surface area contributed by atoms with Crippen LogP contribution in [0.2, 0.25) is 0 Å². The summed E-state index contributed by atoms with van der Waals surface area (Å²) < 4.78 is 11.4. The van der Waals surface area contributed by atoms with Crippen LogP contribution in [0, 0.1) is 0 Å². The Bertz CT molecular complexity index is 1130. The Hall–Kier alpha value is -3.58. The average Bonchev–Trinajstić information content (AvgIpc) is 3.22. The SMILES string of the molecule is O=C(Nc1ccccc1)C(=Cc1ccc2c(c1)OCO2)NC(=O)c1ccccc1Br. The number of hydrogen-bond donors (Lipinski definition) is 2. The van der Waals surface area contributed by atoms with Gasteiger partial charge in [0.2, 0.25) is 6.79 Å². The molecule has 2 N–H and O–H groups in total. The number of para-hydroxylation sites is 1. The third-order valence-corrected chi connectivity index (χ3v) is 5.04. The van der Waals surface area contributed by atoms with Crippen molar-refractivity contribution in [2.24, 2.45) is 0 Å². The smallest absolute Gasteiger partial charge is 0.272 e. The van der Waals surface area contributed by atoms with Crippen LogP contribution < -0.4 is 20.1 Å². The van der Waals surface area contributed by atoms with Gasteiger partial charge in [0.25, 0.3) is 11.8 Å². The van der Waals surface area contributed by atoms with Crippen molar-refractivity contribution in [2.45, 2.75) is 0 Å². The molecule has 1 aliphatic heterocycles. The number of nitrogens with one attached hydrogen (secondary N) is 2. The monoisotopic (exact) mass is 464 g/mol. The van der Waals surface area contributed by atoms with E-state index in [0.717, 1.165) is 0 Å². The first-order valence-corrected chi connectivity index (χ1v) is 9.93. The van der Waals surface area contributed by atoms with Crippen molar-refractivity contribution in [2.75, 3.05) is 12.1 Å². The molecule has 150 valence electrons. The Morgan fingerprint density at radius 3 is 2.43 bits per heavy atom. The predicted octanol–water partition coefficient (Wildman–Crippen LogP) is 4.59. The molecule has 30 heavy (non-hydrogen) atoms. The molecule has 0 bridgehead atoms. The second-order valence-electron chi connectivity index (χ2n) is 6.42. The minimum absolute atomic E-state index is 0.0958. The summed E-state index contributed by atoms with van der Waals surface area (Å²) in [7, 11) is 0. The van der Waals surface area contributed by atoms with Crippen LogP contribution in [-0.2, 0) is 4.79 Å². The number of rotatable bonds is 5. The summed E-state index contributed by atoms with van der Waals surface area (Å²) in [5.74, 6) is 0.375. The van der Waals surface area contributed by atoms with Gasteiger partial charge in [-0.3, -0.25) is 9.59 Å². The molecule has 3 aromatic rings. The highest BCUT2D eigenvalue weighted by atomic mass is 79.9. The maximum atomic E-state index is 12.9. The van der Waals surface area contributed by atoms with Gasteiger partial charge < -0.3 is 20.1 Å². The first-order valence-electron chi connectivity index (χ1n) is 9.14. The molecule has 0 saturated heterocycles. The van der Waals surface area contributed by atoms with Gasteiger partial charge in [-0.15, -0.1) is 0 Å². The minimum atomic E-state index is -0.445. The Labute approximate surface area is 181 Å². The molecular formula is C23H17BrN2O4. The summed E-state index contributed by atoms with van der Waals surface area (Å²) >= 11 is 3.37. The van der Waals surface area contributed by atoms with E-state index in [9.17, 15) is 9.59 Å². The van der Waals surface area contributed by atoms with Crippen LogP contribution in [0.1, 0.15) is 15.9 Å². The van der Waals surface area contributed by atoms with Crippen LogP contribution >= 0.6 is 15.9 Å². The van der Waals surface area contributed by atoms with Gasteiger partial charge in [0.15, 0.2) is 11.5 Å². The maximum absolute atomic E-state index is 12.9. The zero-order valence-corrected chi connectivity index (χ0v) is 17.3. The molecule has 3 aromatic carbocycles. The van der Waals surface area contributed by atoms with Crippen molar-refractivity contribution in [1.29, 1.82) is 0 Å². The van der Waals surface area contributed by atoms with E-state index in [2.05, 4.69) is 26.6 Å². The molecule has 0 atom stereocenters. The number of carbonyl (C=O) groups is 2. The second-order valence-corrected chi connectivity index (χ2v) is 7.28. The lowest BCUT2D eigenvalue weighted by molar-refractivity contribution is -0.113. The summed E-state index contributed by atoms with van der Waals surface area (Å²) in [5, 5.41) is 5.51. The standard InChI is InChI=1S/C23H17BrN2O4/c24-18-9-5-4-8-17(18)22(27)26-19(23(28)25-16-6-2-1-3-7-16)12-15-10-11-20-21(13-15)30-14-29-20/h1-13H,14H2,(H,25,28)(H,26,27). The minimum Gasteiger partial charge on any atom is -0.454 e. The molecule has 0 fully saturated rings. The number of fused-ring (bicyclic) bond motifs is 1. The first-order chi connectivity index (χ1) is 14.6. The zero-order chi connectivity index (χ0) is 20.9. The highest BCUT2D eigenvalue weighted by Crippen LogP contribution is 2.33. The van der Waals surface area contributed by atoms with Crippen LogP contribution in [0.15, 0.2) is 83.0 Å². The summed E-state index contributed by atoms with van der Waals surface area (Å²) in [4.78, 5) is 25.7.